The van der Waals surface area contributed by atoms with Crippen LogP contribution in [0.3, 0.4) is 0 Å². The maximum atomic E-state index is 13.0. The largest absolute Gasteiger partial charge is 0.366 e. The summed E-state index contributed by atoms with van der Waals surface area (Å²) in [5.74, 6) is -0.884. The topological polar surface area (TPSA) is 102 Å². The number of fused-ring (bicyclic) bond motifs is 2. The van der Waals surface area contributed by atoms with Gasteiger partial charge in [0.15, 0.2) is 5.12 Å². The molecule has 1 aromatic heterocycles. The summed E-state index contributed by atoms with van der Waals surface area (Å²) in [5.41, 5.74) is 7.53. The number of hydrogen-bond donors (Lipinski definition) is 3. The van der Waals surface area contributed by atoms with Gasteiger partial charge >= 0.3 is 0 Å². The van der Waals surface area contributed by atoms with Crippen LogP contribution in [0.5, 0.6) is 0 Å². The lowest BCUT2D eigenvalue weighted by Gasteiger charge is -2.11. The number of rotatable bonds is 3. The number of carbonyl (C=O) groups is 3. The third kappa shape index (κ3) is 4.64. The zero-order valence-corrected chi connectivity index (χ0v) is 17.0. The van der Waals surface area contributed by atoms with Gasteiger partial charge in [0.05, 0.1) is 11.2 Å². The number of anilines is 1. The van der Waals surface area contributed by atoms with Gasteiger partial charge in [-0.05, 0) is 29.7 Å². The number of para-hydroxylation sites is 1. The van der Waals surface area contributed by atoms with Crippen molar-refractivity contribution in [2.75, 3.05) is 5.32 Å². The van der Waals surface area contributed by atoms with E-state index >= 15 is 0 Å². The van der Waals surface area contributed by atoms with E-state index in [0.29, 0.717) is 27.7 Å². The van der Waals surface area contributed by atoms with Gasteiger partial charge in [0.1, 0.15) is 0 Å². The van der Waals surface area contributed by atoms with Crippen LogP contribution in [0.1, 0.15) is 27.6 Å². The fourth-order valence-corrected chi connectivity index (χ4v) is 3.13. The Morgan fingerprint density at radius 2 is 1.43 bits per heavy atom. The lowest BCUT2D eigenvalue weighted by molar-refractivity contribution is -0.108. The molecular weight excluding hydrogens is 398 g/mol. The van der Waals surface area contributed by atoms with Gasteiger partial charge < -0.3 is 11.1 Å². The first kappa shape index (κ1) is 21.0. The monoisotopic (exact) mass is 417 g/mol. The molecular formula is C23H19N3O3S. The molecule has 3 N–H and O–H groups in total. The van der Waals surface area contributed by atoms with Crippen molar-refractivity contribution in [1.82, 2.24) is 4.98 Å². The van der Waals surface area contributed by atoms with Crippen molar-refractivity contribution in [2.45, 2.75) is 6.92 Å². The molecule has 7 heteroatoms. The van der Waals surface area contributed by atoms with E-state index < -0.39 is 5.91 Å². The van der Waals surface area contributed by atoms with Gasteiger partial charge in [-0.3, -0.25) is 19.4 Å². The fourth-order valence-electron chi connectivity index (χ4n) is 3.13. The summed E-state index contributed by atoms with van der Waals surface area (Å²) in [6.45, 7) is 1.39. The number of hydrogen-bond acceptors (Lipinski definition) is 4. The van der Waals surface area contributed by atoms with Gasteiger partial charge in [0, 0.05) is 35.0 Å². The predicted octanol–water partition coefficient (Wildman–Crippen LogP) is 4.20. The number of primary amides is 1. The normalized spacial score (nSPS) is 10.2. The van der Waals surface area contributed by atoms with Crippen molar-refractivity contribution in [2.24, 2.45) is 5.73 Å². The van der Waals surface area contributed by atoms with Crippen molar-refractivity contribution >= 4 is 56.9 Å². The molecule has 0 saturated heterocycles. The van der Waals surface area contributed by atoms with Gasteiger partial charge in [-0.2, -0.15) is 0 Å². The first-order valence-corrected chi connectivity index (χ1v) is 9.49. The van der Waals surface area contributed by atoms with Crippen molar-refractivity contribution in [3.63, 3.8) is 0 Å². The summed E-state index contributed by atoms with van der Waals surface area (Å²) in [5, 5.41) is 5.03. The minimum Gasteiger partial charge on any atom is -0.366 e. The predicted molar refractivity (Wildman–Crippen MR) is 122 cm³/mol. The quantitative estimate of drug-likeness (QED) is 0.435. The van der Waals surface area contributed by atoms with Crippen LogP contribution >= 0.6 is 12.6 Å². The minimum atomic E-state index is -0.567. The summed E-state index contributed by atoms with van der Waals surface area (Å²) in [6.07, 6.45) is 1.68. The number of pyridine rings is 1. The highest BCUT2D eigenvalue weighted by molar-refractivity contribution is 7.96. The van der Waals surface area contributed by atoms with E-state index in [2.05, 4.69) is 22.9 Å². The Labute approximate surface area is 178 Å². The molecule has 0 fully saturated rings. The van der Waals surface area contributed by atoms with Crippen LogP contribution in [0.4, 0.5) is 5.69 Å². The molecule has 0 aliphatic heterocycles. The second-order valence-corrected chi connectivity index (χ2v) is 7.06. The van der Waals surface area contributed by atoms with Gasteiger partial charge in [0.2, 0.25) is 5.91 Å². The maximum Gasteiger partial charge on any atom is 0.256 e. The molecule has 0 aliphatic carbocycles. The molecule has 30 heavy (non-hydrogen) atoms. The van der Waals surface area contributed by atoms with Gasteiger partial charge in [-0.25, -0.2) is 0 Å². The number of nitrogens with two attached hydrogens (primary N) is 1. The Morgan fingerprint density at radius 3 is 2.10 bits per heavy atom. The summed E-state index contributed by atoms with van der Waals surface area (Å²) in [6, 6.07) is 19.9. The second-order valence-electron chi connectivity index (χ2n) is 6.43. The fraction of sp³-hybridized carbons (Fsp3) is 0.0435. The lowest BCUT2D eigenvalue weighted by Crippen LogP contribution is -2.16. The van der Waals surface area contributed by atoms with Crippen LogP contribution in [-0.2, 0) is 4.79 Å². The average Bonchev–Trinajstić information content (AvgIpc) is 2.72. The van der Waals surface area contributed by atoms with Crippen molar-refractivity contribution in [3.05, 3.63) is 84.1 Å². The van der Waals surface area contributed by atoms with Crippen molar-refractivity contribution < 1.29 is 14.4 Å². The molecule has 0 radical (unpaired) electrons. The van der Waals surface area contributed by atoms with Crippen LogP contribution in [0.2, 0.25) is 0 Å². The average molecular weight is 417 g/mol. The highest BCUT2D eigenvalue weighted by Crippen LogP contribution is 2.26. The Kier molecular flexibility index (Phi) is 6.44. The Balaban J connectivity index is 0.000000589. The number of carbonyl (C=O) groups excluding carboxylic acids is 3. The van der Waals surface area contributed by atoms with E-state index in [1.54, 1.807) is 36.5 Å². The van der Waals surface area contributed by atoms with Gasteiger partial charge in [-0.15, -0.1) is 12.6 Å². The van der Waals surface area contributed by atoms with Crippen LogP contribution in [0.15, 0.2) is 72.9 Å². The van der Waals surface area contributed by atoms with E-state index in [1.165, 1.54) is 6.92 Å². The standard InChI is InChI=1S/C21H15N3O2.C2H4OS/c22-20(25)15-9-1-5-13-6-2-10-16(18(13)15)21(26)24-17-11-3-7-14-8-4-12-23-19(14)17;1-2(3)4/h1-12H,(H2,22,25)(H,24,26);1H3,(H,3,4). The highest BCUT2D eigenvalue weighted by Gasteiger charge is 2.16. The summed E-state index contributed by atoms with van der Waals surface area (Å²) in [7, 11) is 0. The first-order valence-electron chi connectivity index (χ1n) is 9.04. The van der Waals surface area contributed by atoms with E-state index in [9.17, 15) is 14.4 Å². The molecule has 1 heterocycles. The van der Waals surface area contributed by atoms with E-state index in [1.807, 2.05) is 36.4 Å². The van der Waals surface area contributed by atoms with Crippen LogP contribution in [0, 0.1) is 0 Å². The number of aromatic nitrogens is 1. The zero-order valence-electron chi connectivity index (χ0n) is 16.1. The van der Waals surface area contributed by atoms with Crippen molar-refractivity contribution in [3.8, 4) is 0 Å². The number of thiol groups is 1. The third-order valence-corrected chi connectivity index (χ3v) is 4.30. The van der Waals surface area contributed by atoms with E-state index in [-0.39, 0.29) is 11.0 Å². The van der Waals surface area contributed by atoms with Gasteiger partial charge in [-0.1, -0.05) is 42.5 Å². The van der Waals surface area contributed by atoms with E-state index in [4.69, 9.17) is 5.73 Å². The molecule has 150 valence electrons. The number of nitrogens with one attached hydrogen (secondary N) is 1. The summed E-state index contributed by atoms with van der Waals surface area (Å²) < 4.78 is 0. The van der Waals surface area contributed by atoms with Crippen LogP contribution in [0.25, 0.3) is 21.7 Å². The third-order valence-electron chi connectivity index (χ3n) is 4.30. The zero-order chi connectivity index (χ0) is 21.7. The smallest absolute Gasteiger partial charge is 0.256 e. The van der Waals surface area contributed by atoms with Crippen molar-refractivity contribution in [1.29, 1.82) is 0 Å². The molecule has 4 rings (SSSR count). The molecule has 0 atom stereocenters. The Morgan fingerprint density at radius 1 is 0.867 bits per heavy atom. The molecule has 0 unspecified atom stereocenters. The molecule has 3 aromatic carbocycles. The molecule has 0 bridgehead atoms. The van der Waals surface area contributed by atoms with E-state index in [0.717, 1.165) is 10.8 Å². The summed E-state index contributed by atoms with van der Waals surface area (Å²) in [4.78, 5) is 38.4. The number of amides is 2. The van der Waals surface area contributed by atoms with Crippen LogP contribution in [-0.4, -0.2) is 21.9 Å². The van der Waals surface area contributed by atoms with Crippen LogP contribution < -0.4 is 11.1 Å². The maximum absolute atomic E-state index is 13.0. The number of benzene rings is 3. The molecule has 4 aromatic rings. The SMILES string of the molecule is CC(=O)S.NC(=O)c1cccc2cccc(C(=O)Nc3cccc4cccnc34)c12. The van der Waals surface area contributed by atoms with Gasteiger partial charge in [0.25, 0.3) is 5.91 Å². The molecule has 0 aliphatic rings. The molecule has 6 nitrogen and oxygen atoms in total. The molecule has 2 amide bonds. The minimum absolute atomic E-state index is 0.139. The Hall–Kier alpha value is -3.71. The highest BCUT2D eigenvalue weighted by atomic mass is 32.1. The summed E-state index contributed by atoms with van der Waals surface area (Å²) >= 11 is 3.33. The second kappa shape index (κ2) is 9.19. The number of nitrogens with zero attached hydrogens (tertiary/aromatic N) is 1. The molecule has 0 saturated carbocycles. The Bertz CT molecular complexity index is 1260. The molecule has 0 spiro atoms. The first-order chi connectivity index (χ1) is 14.4. The lowest BCUT2D eigenvalue weighted by atomic mass is 9.98.